The number of hydrogen-bond donors (Lipinski definition) is 1. The third-order valence-electron chi connectivity index (χ3n) is 4.17. The summed E-state index contributed by atoms with van der Waals surface area (Å²) in [6.07, 6.45) is 6.79. The van der Waals surface area contributed by atoms with E-state index in [-0.39, 0.29) is 11.8 Å². The Labute approximate surface area is 149 Å². The van der Waals surface area contributed by atoms with Gasteiger partial charge in [-0.15, -0.1) is 0 Å². The van der Waals surface area contributed by atoms with E-state index in [2.05, 4.69) is 5.32 Å². The lowest BCUT2D eigenvalue weighted by Gasteiger charge is -2.16. The van der Waals surface area contributed by atoms with Crippen LogP contribution in [-0.4, -0.2) is 18.4 Å². The van der Waals surface area contributed by atoms with Crippen LogP contribution >= 0.6 is 0 Å². The summed E-state index contributed by atoms with van der Waals surface area (Å²) in [5, 5.41) is 2.80. The van der Waals surface area contributed by atoms with Crippen molar-refractivity contribution in [1.29, 1.82) is 0 Å². The van der Waals surface area contributed by atoms with Gasteiger partial charge in [0.1, 0.15) is 5.76 Å². The lowest BCUT2D eigenvalue weighted by atomic mass is 10.1. The number of hydrogen-bond acceptors (Lipinski definition) is 4. The topological polar surface area (TPSA) is 75.7 Å². The van der Waals surface area contributed by atoms with E-state index in [1.54, 1.807) is 41.5 Å². The van der Waals surface area contributed by atoms with Crippen molar-refractivity contribution >= 4 is 29.3 Å². The Morgan fingerprint density at radius 3 is 2.69 bits per heavy atom. The Morgan fingerprint density at radius 1 is 1.08 bits per heavy atom. The van der Waals surface area contributed by atoms with Crippen molar-refractivity contribution in [2.24, 2.45) is 0 Å². The number of anilines is 2. The first kappa shape index (κ1) is 16.0. The number of nitrogens with one attached hydrogen (secondary N) is 1. The second-order valence-corrected chi connectivity index (χ2v) is 5.87. The predicted octanol–water partition coefficient (Wildman–Crippen LogP) is 3.73. The monoisotopic (exact) mass is 348 g/mol. The molecule has 0 saturated carbocycles. The van der Waals surface area contributed by atoms with Gasteiger partial charge in [0.15, 0.2) is 5.76 Å². The molecule has 1 aliphatic rings. The third-order valence-corrected chi connectivity index (χ3v) is 4.17. The number of amides is 2. The second kappa shape index (κ2) is 6.76. The van der Waals surface area contributed by atoms with Gasteiger partial charge in [-0.05, 0) is 54.5 Å². The highest BCUT2D eigenvalue weighted by molar-refractivity contribution is 6.06. The zero-order valence-corrected chi connectivity index (χ0v) is 13.8. The first-order chi connectivity index (χ1) is 12.7. The van der Waals surface area contributed by atoms with Gasteiger partial charge in [0.05, 0.1) is 12.5 Å². The van der Waals surface area contributed by atoms with Crippen LogP contribution in [0, 0.1) is 0 Å². The minimum absolute atomic E-state index is 0.185. The molecule has 6 heteroatoms. The molecule has 1 aromatic carbocycles. The van der Waals surface area contributed by atoms with Gasteiger partial charge in [0.25, 0.3) is 5.91 Å². The van der Waals surface area contributed by atoms with Gasteiger partial charge in [0, 0.05) is 24.0 Å². The molecule has 4 rings (SSSR count). The van der Waals surface area contributed by atoms with Crippen LogP contribution in [0.2, 0.25) is 0 Å². The molecule has 0 atom stereocenters. The highest BCUT2D eigenvalue weighted by Gasteiger charge is 2.27. The Balaban J connectivity index is 1.50. The van der Waals surface area contributed by atoms with Crippen molar-refractivity contribution < 1.29 is 18.4 Å². The lowest BCUT2D eigenvalue weighted by molar-refractivity contribution is -0.111. The van der Waals surface area contributed by atoms with Gasteiger partial charge in [-0.1, -0.05) is 6.07 Å². The van der Waals surface area contributed by atoms with Crippen molar-refractivity contribution in [1.82, 2.24) is 0 Å². The zero-order valence-electron chi connectivity index (χ0n) is 13.8. The van der Waals surface area contributed by atoms with E-state index in [9.17, 15) is 9.59 Å². The molecule has 1 N–H and O–H groups in total. The van der Waals surface area contributed by atoms with E-state index >= 15 is 0 Å². The first-order valence-corrected chi connectivity index (χ1v) is 8.21. The highest BCUT2D eigenvalue weighted by atomic mass is 16.3. The Morgan fingerprint density at radius 2 is 1.92 bits per heavy atom. The van der Waals surface area contributed by atoms with Crippen LogP contribution in [0.25, 0.3) is 6.08 Å². The number of nitrogens with zero attached hydrogens (tertiary/aromatic N) is 1. The molecular weight excluding hydrogens is 332 g/mol. The molecule has 3 aromatic rings. The summed E-state index contributed by atoms with van der Waals surface area (Å²) in [5.74, 6) is 0.441. The van der Waals surface area contributed by atoms with Crippen molar-refractivity contribution in [3.05, 3.63) is 78.2 Å². The quantitative estimate of drug-likeness (QED) is 0.729. The Kier molecular flexibility index (Phi) is 4.15. The van der Waals surface area contributed by atoms with E-state index in [1.165, 1.54) is 12.3 Å². The van der Waals surface area contributed by atoms with E-state index in [0.717, 1.165) is 17.7 Å². The Hall–Kier alpha value is -3.54. The summed E-state index contributed by atoms with van der Waals surface area (Å²) in [7, 11) is 0. The SMILES string of the molecule is O=C(/C=C/c1ccco1)Nc1ccc2c(c1)N(C(=O)c1ccco1)CC2. The number of benzene rings is 1. The molecule has 130 valence electrons. The van der Waals surface area contributed by atoms with Gasteiger partial charge in [-0.25, -0.2) is 0 Å². The molecule has 26 heavy (non-hydrogen) atoms. The average molecular weight is 348 g/mol. The summed E-state index contributed by atoms with van der Waals surface area (Å²) in [5.41, 5.74) is 2.48. The van der Waals surface area contributed by atoms with Crippen molar-refractivity contribution in [3.63, 3.8) is 0 Å². The molecule has 0 bridgehead atoms. The van der Waals surface area contributed by atoms with Gasteiger partial charge >= 0.3 is 0 Å². The molecule has 0 saturated heterocycles. The molecule has 2 aromatic heterocycles. The molecule has 0 radical (unpaired) electrons. The van der Waals surface area contributed by atoms with Gasteiger partial charge < -0.3 is 19.1 Å². The smallest absolute Gasteiger partial charge is 0.293 e. The number of furan rings is 2. The summed E-state index contributed by atoms with van der Waals surface area (Å²) >= 11 is 0. The normalized spacial score (nSPS) is 13.2. The molecule has 0 aliphatic carbocycles. The molecule has 0 unspecified atom stereocenters. The van der Waals surface area contributed by atoms with Gasteiger partial charge in [-0.2, -0.15) is 0 Å². The fraction of sp³-hybridized carbons (Fsp3) is 0.100. The van der Waals surface area contributed by atoms with Crippen molar-refractivity contribution in [2.75, 3.05) is 16.8 Å². The van der Waals surface area contributed by atoms with E-state index in [4.69, 9.17) is 8.83 Å². The number of carbonyl (C=O) groups is 2. The summed E-state index contributed by atoms with van der Waals surface area (Å²) in [6.45, 7) is 0.588. The fourth-order valence-corrected chi connectivity index (χ4v) is 2.93. The van der Waals surface area contributed by atoms with Crippen LogP contribution in [0.15, 0.2) is 69.9 Å². The number of fused-ring (bicyclic) bond motifs is 1. The molecule has 0 fully saturated rings. The van der Waals surface area contributed by atoms with Crippen LogP contribution in [0.4, 0.5) is 11.4 Å². The van der Waals surface area contributed by atoms with E-state index < -0.39 is 0 Å². The summed E-state index contributed by atoms with van der Waals surface area (Å²) in [6, 6.07) is 12.4. The molecule has 1 aliphatic heterocycles. The lowest BCUT2D eigenvalue weighted by Crippen LogP contribution is -2.28. The highest BCUT2D eigenvalue weighted by Crippen LogP contribution is 2.32. The van der Waals surface area contributed by atoms with Gasteiger partial charge in [-0.3, -0.25) is 9.59 Å². The van der Waals surface area contributed by atoms with Crippen LogP contribution in [0.1, 0.15) is 21.9 Å². The maximum Gasteiger partial charge on any atom is 0.293 e. The van der Waals surface area contributed by atoms with Crippen LogP contribution in [0.3, 0.4) is 0 Å². The molecular formula is C20H16N2O4. The van der Waals surface area contributed by atoms with Gasteiger partial charge in [0.2, 0.25) is 5.91 Å². The molecule has 6 nitrogen and oxygen atoms in total. The molecule has 0 spiro atoms. The average Bonchev–Trinajstić information content (AvgIpc) is 3.40. The first-order valence-electron chi connectivity index (χ1n) is 8.21. The predicted molar refractivity (Wildman–Crippen MR) is 96.9 cm³/mol. The van der Waals surface area contributed by atoms with Crippen LogP contribution in [0.5, 0.6) is 0 Å². The second-order valence-electron chi connectivity index (χ2n) is 5.87. The molecule has 3 heterocycles. The summed E-state index contributed by atoms with van der Waals surface area (Å²) < 4.78 is 10.4. The maximum atomic E-state index is 12.6. The fourth-order valence-electron chi connectivity index (χ4n) is 2.93. The van der Waals surface area contributed by atoms with E-state index in [0.29, 0.717) is 23.8 Å². The van der Waals surface area contributed by atoms with Crippen LogP contribution in [-0.2, 0) is 11.2 Å². The Bertz CT molecular complexity index is 956. The van der Waals surface area contributed by atoms with E-state index in [1.807, 2.05) is 18.2 Å². The third kappa shape index (κ3) is 3.17. The minimum atomic E-state index is -0.275. The van der Waals surface area contributed by atoms with Crippen molar-refractivity contribution in [3.8, 4) is 0 Å². The van der Waals surface area contributed by atoms with Crippen LogP contribution < -0.4 is 10.2 Å². The standard InChI is InChI=1S/C20H16N2O4/c23-19(8-7-16-3-1-11-25-16)21-15-6-5-14-9-10-22(17(14)13-15)20(24)18-4-2-12-26-18/h1-8,11-13H,9-10H2,(H,21,23)/b8-7+. The maximum absolute atomic E-state index is 12.6. The zero-order chi connectivity index (χ0) is 17.9. The van der Waals surface area contributed by atoms with Crippen molar-refractivity contribution in [2.45, 2.75) is 6.42 Å². The number of carbonyl (C=O) groups excluding carboxylic acids is 2. The largest absolute Gasteiger partial charge is 0.465 e. The molecule has 2 amide bonds. The summed E-state index contributed by atoms with van der Waals surface area (Å²) in [4.78, 5) is 26.3. The number of rotatable bonds is 4. The minimum Gasteiger partial charge on any atom is -0.465 e.